The maximum Gasteiger partial charge on any atom is 0.169 e. The van der Waals surface area contributed by atoms with Crippen LogP contribution in [0.4, 0.5) is 13.2 Å². The standard InChI is InChI=1S/C27H33F3/c1-3-5-7-18-10-13-22-16-23(26(29)27(30)24(22)25(18)28)21-12-11-19-14-17(6-4-2)8-9-20(19)15-21/h3,10,13,16-17,19-21H,1,4-9,11-12,14-15H2,2H3. The quantitative estimate of drug-likeness (QED) is 0.416. The van der Waals surface area contributed by atoms with Crippen LogP contribution in [-0.4, -0.2) is 0 Å². The molecular formula is C27H33F3. The third-order valence-electron chi connectivity index (χ3n) is 7.71. The van der Waals surface area contributed by atoms with Gasteiger partial charge in [0.25, 0.3) is 0 Å². The molecule has 0 nitrogen and oxygen atoms in total. The molecule has 0 saturated heterocycles. The Hall–Kier alpha value is -1.77. The van der Waals surface area contributed by atoms with Gasteiger partial charge in [0.2, 0.25) is 0 Å². The molecule has 4 rings (SSSR count). The summed E-state index contributed by atoms with van der Waals surface area (Å²) < 4.78 is 45.0. The second kappa shape index (κ2) is 9.16. The van der Waals surface area contributed by atoms with Gasteiger partial charge in [0.15, 0.2) is 11.6 Å². The average molecular weight is 415 g/mol. The Labute approximate surface area is 178 Å². The van der Waals surface area contributed by atoms with Gasteiger partial charge < -0.3 is 0 Å². The number of rotatable bonds is 6. The molecule has 2 aliphatic rings. The molecule has 2 aliphatic carbocycles. The number of halogens is 3. The van der Waals surface area contributed by atoms with E-state index in [9.17, 15) is 4.39 Å². The van der Waals surface area contributed by atoms with E-state index in [-0.39, 0.29) is 11.3 Å². The zero-order valence-corrected chi connectivity index (χ0v) is 18.0. The van der Waals surface area contributed by atoms with Crippen LogP contribution < -0.4 is 0 Å². The Morgan fingerprint density at radius 2 is 1.73 bits per heavy atom. The van der Waals surface area contributed by atoms with Crippen molar-refractivity contribution < 1.29 is 13.2 Å². The molecule has 0 radical (unpaired) electrons. The molecular weight excluding hydrogens is 381 g/mol. The van der Waals surface area contributed by atoms with E-state index in [1.54, 1.807) is 24.3 Å². The van der Waals surface area contributed by atoms with Gasteiger partial charge in [-0.15, -0.1) is 6.58 Å². The molecule has 2 aromatic rings. The maximum atomic E-state index is 15.1. The molecule has 0 N–H and O–H groups in total. The summed E-state index contributed by atoms with van der Waals surface area (Å²) in [5.41, 5.74) is 0.866. The smallest absolute Gasteiger partial charge is 0.169 e. The minimum Gasteiger partial charge on any atom is -0.206 e. The van der Waals surface area contributed by atoms with Crippen molar-refractivity contribution in [3.05, 3.63) is 59.4 Å². The van der Waals surface area contributed by atoms with E-state index >= 15 is 8.78 Å². The summed E-state index contributed by atoms with van der Waals surface area (Å²) in [7, 11) is 0. The van der Waals surface area contributed by atoms with Gasteiger partial charge in [-0.05, 0) is 91.2 Å². The van der Waals surface area contributed by atoms with Crippen LogP contribution in [0.3, 0.4) is 0 Å². The summed E-state index contributed by atoms with van der Waals surface area (Å²) >= 11 is 0. The molecule has 0 aliphatic heterocycles. The van der Waals surface area contributed by atoms with Crippen molar-refractivity contribution >= 4 is 10.8 Å². The molecule has 4 unspecified atom stereocenters. The molecule has 0 aromatic heterocycles. The lowest BCUT2D eigenvalue weighted by Gasteiger charge is -2.42. The van der Waals surface area contributed by atoms with E-state index in [4.69, 9.17) is 0 Å². The van der Waals surface area contributed by atoms with Crippen molar-refractivity contribution in [3.8, 4) is 0 Å². The molecule has 2 saturated carbocycles. The second-order valence-corrected chi connectivity index (χ2v) is 9.56. The minimum atomic E-state index is -1.02. The third-order valence-corrected chi connectivity index (χ3v) is 7.71. The summed E-state index contributed by atoms with van der Waals surface area (Å²) in [6, 6.07) is 5.15. The average Bonchev–Trinajstić information content (AvgIpc) is 2.75. The first-order chi connectivity index (χ1) is 14.5. The molecule has 162 valence electrons. The number of fused-ring (bicyclic) bond motifs is 2. The van der Waals surface area contributed by atoms with Gasteiger partial charge in [0.1, 0.15) is 5.82 Å². The monoisotopic (exact) mass is 414 g/mol. The summed E-state index contributed by atoms with van der Waals surface area (Å²) in [5.74, 6) is -0.245. The first-order valence-electron chi connectivity index (χ1n) is 11.7. The number of hydrogen-bond acceptors (Lipinski definition) is 0. The first-order valence-corrected chi connectivity index (χ1v) is 11.7. The van der Waals surface area contributed by atoms with Crippen LogP contribution in [-0.2, 0) is 6.42 Å². The molecule has 0 amide bonds. The Kier molecular flexibility index (Phi) is 6.55. The van der Waals surface area contributed by atoms with Crippen LogP contribution in [0.5, 0.6) is 0 Å². The summed E-state index contributed by atoms with van der Waals surface area (Å²) in [6.07, 6.45) is 12.0. The molecule has 30 heavy (non-hydrogen) atoms. The second-order valence-electron chi connectivity index (χ2n) is 9.56. The molecule has 0 spiro atoms. The van der Waals surface area contributed by atoms with E-state index < -0.39 is 17.5 Å². The van der Waals surface area contributed by atoms with Crippen LogP contribution in [0.2, 0.25) is 0 Å². The van der Waals surface area contributed by atoms with Crippen LogP contribution in [0.15, 0.2) is 30.9 Å². The van der Waals surface area contributed by atoms with E-state index in [2.05, 4.69) is 13.5 Å². The van der Waals surface area contributed by atoms with Gasteiger partial charge >= 0.3 is 0 Å². The Morgan fingerprint density at radius 1 is 0.967 bits per heavy atom. The van der Waals surface area contributed by atoms with Crippen molar-refractivity contribution in [2.75, 3.05) is 0 Å². The Bertz CT molecular complexity index is 916. The predicted octanol–water partition coefficient (Wildman–Crippen LogP) is 8.48. The van der Waals surface area contributed by atoms with Gasteiger partial charge in [0, 0.05) is 0 Å². The van der Waals surface area contributed by atoms with Crippen molar-refractivity contribution in [1.82, 2.24) is 0 Å². The molecule has 2 fully saturated rings. The zero-order valence-electron chi connectivity index (χ0n) is 18.0. The highest BCUT2D eigenvalue weighted by Gasteiger charge is 2.37. The summed E-state index contributed by atoms with van der Waals surface area (Å²) in [4.78, 5) is 0. The number of hydrogen-bond donors (Lipinski definition) is 0. The lowest BCUT2D eigenvalue weighted by molar-refractivity contribution is 0.113. The molecule has 0 bridgehead atoms. The number of aryl methyl sites for hydroxylation is 1. The maximum absolute atomic E-state index is 15.1. The fourth-order valence-corrected chi connectivity index (χ4v) is 6.13. The van der Waals surface area contributed by atoms with Crippen LogP contribution >= 0.6 is 0 Å². The van der Waals surface area contributed by atoms with Crippen molar-refractivity contribution in [3.63, 3.8) is 0 Å². The fraction of sp³-hybridized carbons (Fsp3) is 0.556. The minimum absolute atomic E-state index is 0.0383. The SMILES string of the molecule is C=CCCc1ccc2cc(C3CCC4CC(CCC)CCC4C3)c(F)c(F)c2c1F. The number of benzene rings is 2. The highest BCUT2D eigenvalue weighted by Crippen LogP contribution is 2.49. The van der Waals surface area contributed by atoms with Gasteiger partial charge in [-0.3, -0.25) is 0 Å². The largest absolute Gasteiger partial charge is 0.206 e. The first kappa shape index (κ1) is 21.5. The van der Waals surface area contributed by atoms with Crippen molar-refractivity contribution in [1.29, 1.82) is 0 Å². The Balaban J connectivity index is 1.59. The third kappa shape index (κ3) is 4.05. The highest BCUT2D eigenvalue weighted by molar-refractivity contribution is 5.85. The van der Waals surface area contributed by atoms with Gasteiger partial charge in [-0.2, -0.15) is 0 Å². The van der Waals surface area contributed by atoms with E-state index in [0.717, 1.165) is 31.1 Å². The highest BCUT2D eigenvalue weighted by atomic mass is 19.2. The van der Waals surface area contributed by atoms with Crippen LogP contribution in [0, 0.1) is 35.2 Å². The molecule has 0 heterocycles. The van der Waals surface area contributed by atoms with Crippen molar-refractivity contribution in [2.45, 2.75) is 77.0 Å². The van der Waals surface area contributed by atoms with Gasteiger partial charge in [0.05, 0.1) is 5.39 Å². The summed E-state index contributed by atoms with van der Waals surface area (Å²) in [6.45, 7) is 5.90. The van der Waals surface area contributed by atoms with Crippen molar-refractivity contribution in [2.24, 2.45) is 17.8 Å². The topological polar surface area (TPSA) is 0 Å². The van der Waals surface area contributed by atoms with Crippen LogP contribution in [0.25, 0.3) is 10.8 Å². The van der Waals surface area contributed by atoms with Crippen LogP contribution in [0.1, 0.15) is 81.8 Å². The Morgan fingerprint density at radius 3 is 2.50 bits per heavy atom. The van der Waals surface area contributed by atoms with E-state index in [0.29, 0.717) is 35.3 Å². The van der Waals surface area contributed by atoms with Gasteiger partial charge in [-0.25, -0.2) is 13.2 Å². The van der Waals surface area contributed by atoms with Gasteiger partial charge in [-0.1, -0.05) is 44.4 Å². The summed E-state index contributed by atoms with van der Waals surface area (Å²) in [5, 5.41) is 0.268. The normalized spacial score (nSPS) is 26.5. The molecule has 4 atom stereocenters. The fourth-order valence-electron chi connectivity index (χ4n) is 6.13. The van der Waals surface area contributed by atoms with E-state index in [1.165, 1.54) is 32.1 Å². The molecule has 3 heteroatoms. The predicted molar refractivity (Wildman–Crippen MR) is 118 cm³/mol. The van der Waals surface area contributed by atoms with E-state index in [1.807, 2.05) is 0 Å². The lowest BCUT2D eigenvalue weighted by atomic mass is 9.63. The zero-order chi connectivity index (χ0) is 21.3. The lowest BCUT2D eigenvalue weighted by Crippen LogP contribution is -2.30. The molecule has 2 aromatic carbocycles. The number of allylic oxidation sites excluding steroid dienone is 1.